The molecular formula is C12H11ClO. The monoisotopic (exact) mass is 206 g/mol. The van der Waals surface area contributed by atoms with Crippen LogP contribution in [0.15, 0.2) is 34.9 Å². The van der Waals surface area contributed by atoms with Crippen LogP contribution in [0.4, 0.5) is 0 Å². The molecule has 0 unspecified atom stereocenters. The van der Waals surface area contributed by atoms with Crippen molar-refractivity contribution in [3.05, 3.63) is 46.9 Å². The standard InChI is InChI=1S/C12H11ClO/c1-8-9(2)14-7-12(8)10-3-5-11(13)6-4-10/h3-7H,1-2H3. The second-order valence-corrected chi connectivity index (χ2v) is 3.77. The Balaban J connectivity index is 2.49. The van der Waals surface area contributed by atoms with Gasteiger partial charge in [0.2, 0.25) is 0 Å². The molecule has 0 fully saturated rings. The van der Waals surface area contributed by atoms with Crippen LogP contribution in [0.25, 0.3) is 11.1 Å². The summed E-state index contributed by atoms with van der Waals surface area (Å²) in [5.41, 5.74) is 3.47. The Morgan fingerprint density at radius 1 is 1.07 bits per heavy atom. The zero-order valence-electron chi connectivity index (χ0n) is 8.17. The fraction of sp³-hybridized carbons (Fsp3) is 0.167. The lowest BCUT2D eigenvalue weighted by Gasteiger charge is -1.99. The molecule has 0 spiro atoms. The van der Waals surface area contributed by atoms with Crippen LogP contribution < -0.4 is 0 Å². The van der Waals surface area contributed by atoms with E-state index >= 15 is 0 Å². The molecular weight excluding hydrogens is 196 g/mol. The first-order valence-electron chi connectivity index (χ1n) is 4.49. The summed E-state index contributed by atoms with van der Waals surface area (Å²) in [4.78, 5) is 0. The number of benzene rings is 1. The molecule has 1 aromatic heterocycles. The smallest absolute Gasteiger partial charge is 0.104 e. The van der Waals surface area contributed by atoms with Crippen molar-refractivity contribution in [1.29, 1.82) is 0 Å². The van der Waals surface area contributed by atoms with Gasteiger partial charge in [-0.05, 0) is 37.1 Å². The fourth-order valence-electron chi connectivity index (χ4n) is 1.43. The van der Waals surface area contributed by atoms with Gasteiger partial charge in [0.05, 0.1) is 6.26 Å². The van der Waals surface area contributed by atoms with E-state index in [-0.39, 0.29) is 0 Å². The minimum absolute atomic E-state index is 0.756. The number of aryl methyl sites for hydroxylation is 1. The number of furan rings is 1. The lowest BCUT2D eigenvalue weighted by molar-refractivity contribution is 0.532. The van der Waals surface area contributed by atoms with Gasteiger partial charge in [0.25, 0.3) is 0 Å². The molecule has 0 bridgehead atoms. The summed E-state index contributed by atoms with van der Waals surface area (Å²) < 4.78 is 5.35. The summed E-state index contributed by atoms with van der Waals surface area (Å²) in [6.07, 6.45) is 1.79. The Kier molecular flexibility index (Phi) is 2.34. The van der Waals surface area contributed by atoms with Crippen LogP contribution in [0.1, 0.15) is 11.3 Å². The Morgan fingerprint density at radius 3 is 2.21 bits per heavy atom. The first-order chi connectivity index (χ1) is 6.68. The van der Waals surface area contributed by atoms with Gasteiger partial charge in [-0.3, -0.25) is 0 Å². The van der Waals surface area contributed by atoms with Crippen molar-refractivity contribution < 1.29 is 4.42 Å². The maximum absolute atomic E-state index is 5.82. The minimum Gasteiger partial charge on any atom is -0.469 e. The molecule has 2 rings (SSSR count). The van der Waals surface area contributed by atoms with Crippen LogP contribution in [-0.2, 0) is 0 Å². The highest BCUT2D eigenvalue weighted by atomic mass is 35.5. The van der Waals surface area contributed by atoms with Crippen molar-refractivity contribution in [3.63, 3.8) is 0 Å². The number of hydrogen-bond donors (Lipinski definition) is 0. The highest BCUT2D eigenvalue weighted by Crippen LogP contribution is 2.27. The van der Waals surface area contributed by atoms with Gasteiger partial charge < -0.3 is 4.42 Å². The third kappa shape index (κ3) is 1.55. The highest BCUT2D eigenvalue weighted by molar-refractivity contribution is 6.30. The quantitative estimate of drug-likeness (QED) is 0.681. The maximum Gasteiger partial charge on any atom is 0.104 e. The van der Waals surface area contributed by atoms with Crippen LogP contribution in [0.3, 0.4) is 0 Å². The number of rotatable bonds is 1. The predicted molar refractivity (Wildman–Crippen MR) is 58.6 cm³/mol. The zero-order valence-corrected chi connectivity index (χ0v) is 8.93. The third-order valence-corrected chi connectivity index (χ3v) is 2.69. The molecule has 0 aliphatic carbocycles. The first-order valence-corrected chi connectivity index (χ1v) is 4.87. The Labute approximate surface area is 88.3 Å². The van der Waals surface area contributed by atoms with Crippen molar-refractivity contribution >= 4 is 11.6 Å². The third-order valence-electron chi connectivity index (χ3n) is 2.44. The van der Waals surface area contributed by atoms with Gasteiger partial charge in [-0.25, -0.2) is 0 Å². The molecule has 1 nitrogen and oxygen atoms in total. The molecule has 2 aromatic rings. The average molecular weight is 207 g/mol. The van der Waals surface area contributed by atoms with Crippen molar-refractivity contribution in [3.8, 4) is 11.1 Å². The molecule has 0 aliphatic heterocycles. The molecule has 0 aliphatic rings. The van der Waals surface area contributed by atoms with E-state index in [1.54, 1.807) is 6.26 Å². The predicted octanol–water partition coefficient (Wildman–Crippen LogP) is 4.22. The van der Waals surface area contributed by atoms with Gasteiger partial charge in [0.15, 0.2) is 0 Å². The lowest BCUT2D eigenvalue weighted by Crippen LogP contribution is -1.78. The highest BCUT2D eigenvalue weighted by Gasteiger charge is 2.07. The van der Waals surface area contributed by atoms with Gasteiger partial charge in [-0.1, -0.05) is 23.7 Å². The van der Waals surface area contributed by atoms with Crippen molar-refractivity contribution in [2.75, 3.05) is 0 Å². The second kappa shape index (κ2) is 3.50. The molecule has 1 aromatic carbocycles. The summed E-state index contributed by atoms with van der Waals surface area (Å²) in [6, 6.07) is 7.77. The van der Waals surface area contributed by atoms with Crippen LogP contribution in [0.5, 0.6) is 0 Å². The van der Waals surface area contributed by atoms with E-state index in [4.69, 9.17) is 16.0 Å². The molecule has 14 heavy (non-hydrogen) atoms. The normalized spacial score (nSPS) is 10.5. The van der Waals surface area contributed by atoms with E-state index in [0.29, 0.717) is 0 Å². The van der Waals surface area contributed by atoms with Gasteiger partial charge in [-0.15, -0.1) is 0 Å². The van der Waals surface area contributed by atoms with Crippen LogP contribution in [0, 0.1) is 13.8 Å². The molecule has 0 saturated carbocycles. The largest absolute Gasteiger partial charge is 0.469 e. The van der Waals surface area contributed by atoms with Gasteiger partial charge >= 0.3 is 0 Å². The average Bonchev–Trinajstić information content (AvgIpc) is 2.50. The molecule has 1 heterocycles. The molecule has 0 N–H and O–H groups in total. The zero-order chi connectivity index (χ0) is 10.1. The topological polar surface area (TPSA) is 13.1 Å². The van der Waals surface area contributed by atoms with E-state index < -0.39 is 0 Å². The van der Waals surface area contributed by atoms with E-state index in [1.807, 2.05) is 31.2 Å². The first kappa shape index (κ1) is 9.35. The van der Waals surface area contributed by atoms with E-state index in [9.17, 15) is 0 Å². The van der Waals surface area contributed by atoms with Crippen molar-refractivity contribution in [2.45, 2.75) is 13.8 Å². The SMILES string of the molecule is Cc1occ(-c2ccc(Cl)cc2)c1C. The molecule has 0 saturated heterocycles. The van der Waals surface area contributed by atoms with E-state index in [2.05, 4.69) is 6.92 Å². The van der Waals surface area contributed by atoms with Crippen LogP contribution in [0.2, 0.25) is 5.02 Å². The summed E-state index contributed by atoms with van der Waals surface area (Å²) in [6.45, 7) is 4.03. The Hall–Kier alpha value is -1.21. The molecule has 0 atom stereocenters. The fourth-order valence-corrected chi connectivity index (χ4v) is 1.55. The molecule has 0 radical (unpaired) electrons. The van der Waals surface area contributed by atoms with Gasteiger partial charge in [-0.2, -0.15) is 0 Å². The lowest BCUT2D eigenvalue weighted by atomic mass is 10.0. The van der Waals surface area contributed by atoms with Crippen molar-refractivity contribution in [1.82, 2.24) is 0 Å². The minimum atomic E-state index is 0.756. The summed E-state index contributed by atoms with van der Waals surface area (Å²) in [7, 11) is 0. The van der Waals surface area contributed by atoms with Gasteiger partial charge in [0, 0.05) is 10.6 Å². The number of halogens is 1. The number of hydrogen-bond acceptors (Lipinski definition) is 1. The summed E-state index contributed by atoms with van der Waals surface area (Å²) >= 11 is 5.82. The molecule has 72 valence electrons. The second-order valence-electron chi connectivity index (χ2n) is 3.34. The van der Waals surface area contributed by atoms with Gasteiger partial charge in [0.1, 0.15) is 5.76 Å². The maximum atomic E-state index is 5.82. The van der Waals surface area contributed by atoms with E-state index in [0.717, 1.165) is 21.9 Å². The molecule has 0 amide bonds. The van der Waals surface area contributed by atoms with E-state index in [1.165, 1.54) is 5.56 Å². The Morgan fingerprint density at radius 2 is 1.71 bits per heavy atom. The van der Waals surface area contributed by atoms with Crippen molar-refractivity contribution in [2.24, 2.45) is 0 Å². The van der Waals surface area contributed by atoms with Crippen LogP contribution >= 0.6 is 11.6 Å². The summed E-state index contributed by atoms with van der Waals surface area (Å²) in [5, 5.41) is 0.756. The Bertz CT molecular complexity index is 440. The van der Waals surface area contributed by atoms with Crippen LogP contribution in [-0.4, -0.2) is 0 Å². The summed E-state index contributed by atoms with van der Waals surface area (Å²) in [5.74, 6) is 0.968. The molecule has 2 heteroatoms.